The van der Waals surface area contributed by atoms with Crippen molar-refractivity contribution in [2.75, 3.05) is 26.2 Å². The van der Waals surface area contributed by atoms with Crippen molar-refractivity contribution in [1.29, 1.82) is 0 Å². The van der Waals surface area contributed by atoms with Gasteiger partial charge in [0.25, 0.3) is 0 Å². The summed E-state index contributed by atoms with van der Waals surface area (Å²) < 4.78 is 48.3. The molecule has 0 unspecified atom stereocenters. The van der Waals surface area contributed by atoms with Crippen molar-refractivity contribution in [2.45, 2.75) is 70.8 Å². The van der Waals surface area contributed by atoms with E-state index in [0.717, 1.165) is 38.2 Å². The fraction of sp³-hybridized carbons (Fsp3) is 0.714. The molecule has 0 bridgehead atoms. The standard InChI is InChI=1S/C21H35F3N2O2Si/c1-7-25-19(16-9-8-10-17(13-16)27-21(22,23)24)15-26-12-11-18(14-26)28-29(5,6)20(2,3)4/h8-10,13,18-19,25H,7,11-12,14-15H2,1-6H3/t18-,19+/m0/s1. The lowest BCUT2D eigenvalue weighted by Gasteiger charge is -2.38. The second kappa shape index (κ2) is 9.37. The Labute approximate surface area is 173 Å². The first-order valence-electron chi connectivity index (χ1n) is 10.3. The minimum atomic E-state index is -4.68. The predicted octanol–water partition coefficient (Wildman–Crippen LogP) is 5.33. The molecule has 1 saturated heterocycles. The number of ether oxygens (including phenoxy) is 1. The average Bonchev–Trinajstić information content (AvgIpc) is 2.98. The molecule has 1 aliphatic rings. The molecule has 0 radical (unpaired) electrons. The highest BCUT2D eigenvalue weighted by Gasteiger charge is 2.40. The third-order valence-electron chi connectivity index (χ3n) is 5.88. The second-order valence-electron chi connectivity index (χ2n) is 9.28. The molecule has 0 saturated carbocycles. The van der Waals surface area contributed by atoms with E-state index >= 15 is 0 Å². The zero-order chi connectivity index (χ0) is 21.9. The summed E-state index contributed by atoms with van der Waals surface area (Å²) in [4.78, 5) is 2.34. The van der Waals surface area contributed by atoms with Crippen LogP contribution in [0.1, 0.15) is 45.7 Å². The van der Waals surface area contributed by atoms with E-state index in [2.05, 4.69) is 48.8 Å². The molecule has 1 heterocycles. The summed E-state index contributed by atoms with van der Waals surface area (Å²) in [6, 6.07) is 6.19. The Morgan fingerprint density at radius 1 is 1.24 bits per heavy atom. The van der Waals surface area contributed by atoms with Gasteiger partial charge in [0.2, 0.25) is 0 Å². The molecule has 0 aliphatic carbocycles. The van der Waals surface area contributed by atoms with E-state index in [9.17, 15) is 13.2 Å². The zero-order valence-corrected chi connectivity index (χ0v) is 19.4. The lowest BCUT2D eigenvalue weighted by atomic mass is 10.1. The Morgan fingerprint density at radius 2 is 1.93 bits per heavy atom. The minimum Gasteiger partial charge on any atom is -0.413 e. The Morgan fingerprint density at radius 3 is 2.52 bits per heavy atom. The quantitative estimate of drug-likeness (QED) is 0.563. The molecule has 2 rings (SSSR count). The monoisotopic (exact) mass is 432 g/mol. The highest BCUT2D eigenvalue weighted by molar-refractivity contribution is 6.74. The van der Waals surface area contributed by atoms with E-state index < -0.39 is 14.7 Å². The fourth-order valence-corrected chi connectivity index (χ4v) is 4.75. The molecule has 0 amide bonds. The number of hydrogen-bond donors (Lipinski definition) is 1. The fourth-order valence-electron chi connectivity index (χ4n) is 3.37. The van der Waals surface area contributed by atoms with Crippen LogP contribution >= 0.6 is 0 Å². The van der Waals surface area contributed by atoms with Crippen molar-refractivity contribution in [2.24, 2.45) is 0 Å². The highest BCUT2D eigenvalue weighted by atomic mass is 28.4. The van der Waals surface area contributed by atoms with Crippen LogP contribution in [0.15, 0.2) is 24.3 Å². The molecule has 1 N–H and O–H groups in total. The van der Waals surface area contributed by atoms with E-state index in [1.165, 1.54) is 12.1 Å². The van der Waals surface area contributed by atoms with Gasteiger partial charge in [-0.2, -0.15) is 0 Å². The summed E-state index contributed by atoms with van der Waals surface area (Å²) in [6.07, 6.45) is -3.48. The lowest BCUT2D eigenvalue weighted by molar-refractivity contribution is -0.274. The van der Waals surface area contributed by atoms with Gasteiger partial charge in [0.1, 0.15) is 5.75 Å². The summed E-state index contributed by atoms with van der Waals surface area (Å²) in [5.74, 6) is -0.182. The second-order valence-corrected chi connectivity index (χ2v) is 14.0. The summed E-state index contributed by atoms with van der Waals surface area (Å²) >= 11 is 0. The Balaban J connectivity index is 2.02. The summed E-state index contributed by atoms with van der Waals surface area (Å²) in [5, 5.41) is 3.56. The SMILES string of the molecule is CCN[C@H](CN1CC[C@H](O[Si](C)(C)C(C)(C)C)C1)c1cccc(OC(F)(F)F)c1. The Hall–Kier alpha value is -1.09. The zero-order valence-electron chi connectivity index (χ0n) is 18.4. The van der Waals surface area contributed by atoms with Crippen molar-refractivity contribution in [3.8, 4) is 5.75 Å². The number of nitrogens with one attached hydrogen (secondary N) is 1. The molecule has 0 spiro atoms. The van der Waals surface area contributed by atoms with Gasteiger partial charge in [0, 0.05) is 25.7 Å². The topological polar surface area (TPSA) is 33.7 Å². The molecule has 1 aromatic rings. The number of alkyl halides is 3. The van der Waals surface area contributed by atoms with Crippen LogP contribution in [0.2, 0.25) is 18.1 Å². The van der Waals surface area contributed by atoms with E-state index in [1.807, 2.05) is 13.0 Å². The van der Waals surface area contributed by atoms with Gasteiger partial charge in [-0.1, -0.05) is 39.8 Å². The van der Waals surface area contributed by atoms with E-state index in [0.29, 0.717) is 0 Å². The number of likely N-dealkylation sites (N-methyl/N-ethyl adjacent to an activating group) is 1. The van der Waals surface area contributed by atoms with Gasteiger partial charge >= 0.3 is 6.36 Å². The summed E-state index contributed by atoms with van der Waals surface area (Å²) in [6.45, 7) is 16.5. The molecule has 166 valence electrons. The van der Waals surface area contributed by atoms with Gasteiger partial charge in [-0.3, -0.25) is 4.90 Å². The van der Waals surface area contributed by atoms with Crippen LogP contribution < -0.4 is 10.1 Å². The van der Waals surface area contributed by atoms with Gasteiger partial charge in [-0.15, -0.1) is 13.2 Å². The van der Waals surface area contributed by atoms with Gasteiger partial charge in [-0.25, -0.2) is 0 Å². The first kappa shape index (κ1) is 24.2. The molecule has 2 atom stereocenters. The predicted molar refractivity (Wildman–Crippen MR) is 113 cm³/mol. The van der Waals surface area contributed by atoms with Crippen LogP contribution in [0.25, 0.3) is 0 Å². The summed E-state index contributed by atoms with van der Waals surface area (Å²) in [5.41, 5.74) is 0.794. The number of hydrogen-bond acceptors (Lipinski definition) is 4. The maximum absolute atomic E-state index is 12.6. The van der Waals surface area contributed by atoms with Gasteiger partial charge in [0.05, 0.1) is 6.10 Å². The smallest absolute Gasteiger partial charge is 0.413 e. The third kappa shape index (κ3) is 7.27. The molecule has 1 fully saturated rings. The molecule has 4 nitrogen and oxygen atoms in total. The van der Waals surface area contributed by atoms with E-state index in [-0.39, 0.29) is 22.9 Å². The van der Waals surface area contributed by atoms with Crippen LogP contribution in [-0.2, 0) is 4.43 Å². The lowest BCUT2D eigenvalue weighted by Crippen LogP contribution is -2.44. The van der Waals surface area contributed by atoms with Crippen molar-refractivity contribution >= 4 is 8.32 Å². The molecule has 1 aliphatic heterocycles. The van der Waals surface area contributed by atoms with Crippen LogP contribution in [-0.4, -0.2) is 51.9 Å². The Kier molecular flexibility index (Phi) is 7.81. The number of nitrogens with zero attached hydrogens (tertiary/aromatic N) is 1. The molecule has 29 heavy (non-hydrogen) atoms. The molecule has 0 aromatic heterocycles. The van der Waals surface area contributed by atoms with Crippen molar-refractivity contribution in [3.63, 3.8) is 0 Å². The molecule has 8 heteroatoms. The van der Waals surface area contributed by atoms with E-state index in [1.54, 1.807) is 6.07 Å². The number of rotatable bonds is 8. The van der Waals surface area contributed by atoms with Crippen molar-refractivity contribution in [3.05, 3.63) is 29.8 Å². The molecule has 1 aromatic carbocycles. The maximum Gasteiger partial charge on any atom is 0.573 e. The van der Waals surface area contributed by atoms with Gasteiger partial charge < -0.3 is 14.5 Å². The average molecular weight is 433 g/mol. The normalized spacial score (nSPS) is 20.1. The van der Waals surface area contributed by atoms with Crippen LogP contribution in [0.3, 0.4) is 0 Å². The van der Waals surface area contributed by atoms with E-state index in [4.69, 9.17) is 4.43 Å². The number of halogens is 3. The summed E-state index contributed by atoms with van der Waals surface area (Å²) in [7, 11) is -1.81. The largest absolute Gasteiger partial charge is 0.573 e. The van der Waals surface area contributed by atoms with Crippen LogP contribution in [0.4, 0.5) is 13.2 Å². The van der Waals surface area contributed by atoms with Crippen molar-refractivity contribution < 1.29 is 22.3 Å². The minimum absolute atomic E-state index is 0.0663. The van der Waals surface area contributed by atoms with Crippen LogP contribution in [0, 0.1) is 0 Å². The first-order chi connectivity index (χ1) is 13.3. The Bertz CT molecular complexity index is 662. The van der Waals surface area contributed by atoms with Gasteiger partial charge in [0.15, 0.2) is 8.32 Å². The molecular formula is C21H35F3N2O2Si. The third-order valence-corrected chi connectivity index (χ3v) is 10.4. The highest BCUT2D eigenvalue weighted by Crippen LogP contribution is 2.38. The van der Waals surface area contributed by atoms with Crippen molar-refractivity contribution in [1.82, 2.24) is 10.2 Å². The number of likely N-dealkylation sites (tertiary alicyclic amines) is 1. The van der Waals surface area contributed by atoms with Gasteiger partial charge in [-0.05, 0) is 48.8 Å². The first-order valence-corrected chi connectivity index (χ1v) is 13.2. The maximum atomic E-state index is 12.6. The number of benzene rings is 1. The molecular weight excluding hydrogens is 397 g/mol. The van der Waals surface area contributed by atoms with Crippen LogP contribution in [0.5, 0.6) is 5.75 Å².